The van der Waals surface area contributed by atoms with E-state index >= 15 is 0 Å². The first kappa shape index (κ1) is 26.1. The van der Waals surface area contributed by atoms with E-state index in [1.165, 1.54) is 57.8 Å². The highest BCUT2D eigenvalue weighted by Gasteiger charge is 2.20. The van der Waals surface area contributed by atoms with E-state index in [9.17, 15) is 9.90 Å². The first-order valence-corrected chi connectivity index (χ1v) is 11.3. The minimum Gasteiger partial charge on any atom is -0.460 e. The number of esters is 1. The van der Waals surface area contributed by atoms with E-state index in [2.05, 4.69) is 19.1 Å². The first-order chi connectivity index (χ1) is 13.2. The SMILES string of the molecule is CCCCCCCC/C=C\CCCCCCCC(=O)OC(CC)C(O)CO. The van der Waals surface area contributed by atoms with Crippen LogP contribution in [0.5, 0.6) is 0 Å². The van der Waals surface area contributed by atoms with Gasteiger partial charge in [0.25, 0.3) is 0 Å². The van der Waals surface area contributed by atoms with Crippen molar-refractivity contribution in [3.05, 3.63) is 12.2 Å². The maximum atomic E-state index is 11.7. The second-order valence-corrected chi connectivity index (χ2v) is 7.52. The number of rotatable bonds is 19. The monoisotopic (exact) mass is 384 g/mol. The van der Waals surface area contributed by atoms with Gasteiger partial charge < -0.3 is 14.9 Å². The molecule has 0 bridgehead atoms. The summed E-state index contributed by atoms with van der Waals surface area (Å²) in [6.45, 7) is 3.71. The zero-order valence-corrected chi connectivity index (χ0v) is 17.8. The third-order valence-electron chi connectivity index (χ3n) is 4.94. The van der Waals surface area contributed by atoms with Crippen molar-refractivity contribution in [2.24, 2.45) is 0 Å². The summed E-state index contributed by atoms with van der Waals surface area (Å²) in [6, 6.07) is 0. The van der Waals surface area contributed by atoms with Crippen molar-refractivity contribution in [2.45, 2.75) is 122 Å². The maximum Gasteiger partial charge on any atom is 0.306 e. The number of unbranched alkanes of at least 4 members (excludes halogenated alkanes) is 11. The molecule has 0 aromatic carbocycles. The third-order valence-corrected chi connectivity index (χ3v) is 4.94. The molecule has 0 spiro atoms. The van der Waals surface area contributed by atoms with Crippen molar-refractivity contribution in [3.8, 4) is 0 Å². The van der Waals surface area contributed by atoms with Crippen LogP contribution in [0.15, 0.2) is 12.2 Å². The maximum absolute atomic E-state index is 11.7. The fourth-order valence-corrected chi connectivity index (χ4v) is 3.12. The average molecular weight is 385 g/mol. The smallest absolute Gasteiger partial charge is 0.306 e. The van der Waals surface area contributed by atoms with Gasteiger partial charge in [0.1, 0.15) is 12.2 Å². The van der Waals surface area contributed by atoms with Crippen LogP contribution in [0.3, 0.4) is 0 Å². The molecule has 0 aliphatic heterocycles. The average Bonchev–Trinajstić information content (AvgIpc) is 2.68. The number of hydrogen-bond acceptors (Lipinski definition) is 4. The molecule has 27 heavy (non-hydrogen) atoms. The lowest BCUT2D eigenvalue weighted by Gasteiger charge is -2.20. The fraction of sp³-hybridized carbons (Fsp3) is 0.870. The molecule has 0 aromatic heterocycles. The Morgan fingerprint density at radius 2 is 1.37 bits per heavy atom. The van der Waals surface area contributed by atoms with Crippen LogP contribution in [-0.4, -0.2) is 35.0 Å². The Morgan fingerprint density at radius 3 is 1.89 bits per heavy atom. The molecule has 0 radical (unpaired) electrons. The first-order valence-electron chi connectivity index (χ1n) is 11.3. The zero-order chi connectivity index (χ0) is 20.2. The highest BCUT2D eigenvalue weighted by atomic mass is 16.6. The van der Waals surface area contributed by atoms with E-state index in [0.29, 0.717) is 12.8 Å². The van der Waals surface area contributed by atoms with E-state index in [0.717, 1.165) is 25.7 Å². The van der Waals surface area contributed by atoms with Gasteiger partial charge in [-0.15, -0.1) is 0 Å². The van der Waals surface area contributed by atoms with Gasteiger partial charge in [-0.05, 0) is 38.5 Å². The van der Waals surface area contributed by atoms with E-state index in [1.807, 2.05) is 6.92 Å². The molecule has 4 nitrogen and oxygen atoms in total. The molecule has 0 heterocycles. The number of aliphatic hydroxyl groups is 2. The van der Waals surface area contributed by atoms with Crippen LogP contribution in [0.4, 0.5) is 0 Å². The molecular weight excluding hydrogens is 340 g/mol. The Labute approximate surface area is 167 Å². The molecule has 160 valence electrons. The number of ether oxygens (including phenoxy) is 1. The second kappa shape index (κ2) is 19.9. The Bertz CT molecular complexity index is 354. The van der Waals surface area contributed by atoms with Gasteiger partial charge in [0.2, 0.25) is 0 Å². The van der Waals surface area contributed by atoms with Crippen LogP contribution < -0.4 is 0 Å². The van der Waals surface area contributed by atoms with Crippen molar-refractivity contribution in [2.75, 3.05) is 6.61 Å². The van der Waals surface area contributed by atoms with Crippen molar-refractivity contribution in [3.63, 3.8) is 0 Å². The topological polar surface area (TPSA) is 66.8 Å². The summed E-state index contributed by atoms with van der Waals surface area (Å²) >= 11 is 0. The molecule has 2 atom stereocenters. The molecule has 0 aliphatic carbocycles. The molecular formula is C23H44O4. The van der Waals surface area contributed by atoms with Crippen molar-refractivity contribution < 1.29 is 19.7 Å². The highest BCUT2D eigenvalue weighted by molar-refractivity contribution is 5.69. The third kappa shape index (κ3) is 17.0. The predicted molar refractivity (Wildman–Crippen MR) is 113 cm³/mol. The molecule has 0 aliphatic rings. The standard InChI is InChI=1S/C23H44O4/c1-3-5-6-7-8-9-10-11-12-13-14-15-16-17-18-19-23(26)27-22(4-2)21(25)20-24/h11-12,21-22,24-25H,3-10,13-20H2,1-2H3/b12-11-. The quantitative estimate of drug-likeness (QED) is 0.170. The van der Waals surface area contributed by atoms with Gasteiger partial charge >= 0.3 is 5.97 Å². The summed E-state index contributed by atoms with van der Waals surface area (Å²) in [5, 5.41) is 18.5. The molecule has 0 aromatic rings. The fourth-order valence-electron chi connectivity index (χ4n) is 3.12. The van der Waals surface area contributed by atoms with Crippen molar-refractivity contribution >= 4 is 5.97 Å². The van der Waals surface area contributed by atoms with E-state index in [4.69, 9.17) is 9.84 Å². The molecule has 4 heteroatoms. The Morgan fingerprint density at radius 1 is 0.852 bits per heavy atom. The van der Waals surface area contributed by atoms with Crippen molar-refractivity contribution in [1.29, 1.82) is 0 Å². The van der Waals surface area contributed by atoms with Crippen LogP contribution in [0.2, 0.25) is 0 Å². The lowest BCUT2D eigenvalue weighted by molar-refractivity contribution is -0.156. The van der Waals surface area contributed by atoms with Crippen LogP contribution in [0.1, 0.15) is 110 Å². The largest absolute Gasteiger partial charge is 0.460 e. The van der Waals surface area contributed by atoms with Gasteiger partial charge in [-0.1, -0.05) is 77.4 Å². The van der Waals surface area contributed by atoms with E-state index < -0.39 is 12.2 Å². The Kier molecular flexibility index (Phi) is 19.2. The summed E-state index contributed by atoms with van der Waals surface area (Å²) in [5.74, 6) is -0.271. The number of carbonyl (C=O) groups excluding carboxylic acids is 1. The van der Waals surface area contributed by atoms with E-state index in [-0.39, 0.29) is 12.6 Å². The summed E-state index contributed by atoms with van der Waals surface area (Å²) < 4.78 is 5.21. The second-order valence-electron chi connectivity index (χ2n) is 7.52. The van der Waals surface area contributed by atoms with Crippen LogP contribution >= 0.6 is 0 Å². The molecule has 0 fully saturated rings. The Hall–Kier alpha value is -0.870. The number of carbonyl (C=O) groups is 1. The summed E-state index contributed by atoms with van der Waals surface area (Å²) in [4.78, 5) is 11.7. The van der Waals surface area contributed by atoms with Gasteiger partial charge in [-0.2, -0.15) is 0 Å². The van der Waals surface area contributed by atoms with Gasteiger partial charge in [0.05, 0.1) is 6.61 Å². The number of allylic oxidation sites excluding steroid dienone is 2. The van der Waals surface area contributed by atoms with Gasteiger partial charge in [-0.3, -0.25) is 4.79 Å². The van der Waals surface area contributed by atoms with Crippen molar-refractivity contribution in [1.82, 2.24) is 0 Å². The number of hydrogen-bond donors (Lipinski definition) is 2. The summed E-state index contributed by atoms with van der Waals surface area (Å²) in [6.07, 6.45) is 20.0. The molecule has 0 rings (SSSR count). The van der Waals surface area contributed by atoms with Crippen LogP contribution in [0.25, 0.3) is 0 Å². The van der Waals surface area contributed by atoms with Crippen LogP contribution in [-0.2, 0) is 9.53 Å². The minimum absolute atomic E-state index is 0.271. The van der Waals surface area contributed by atoms with E-state index in [1.54, 1.807) is 0 Å². The normalized spacial score (nSPS) is 13.8. The summed E-state index contributed by atoms with van der Waals surface area (Å²) in [5.41, 5.74) is 0. The van der Waals surface area contributed by atoms with Gasteiger partial charge in [0.15, 0.2) is 0 Å². The summed E-state index contributed by atoms with van der Waals surface area (Å²) in [7, 11) is 0. The molecule has 0 saturated carbocycles. The lowest BCUT2D eigenvalue weighted by Crippen LogP contribution is -2.33. The van der Waals surface area contributed by atoms with Gasteiger partial charge in [0, 0.05) is 6.42 Å². The Balaban J connectivity index is 3.41. The molecule has 0 amide bonds. The predicted octanol–water partition coefficient (Wildman–Crippen LogP) is 5.70. The zero-order valence-electron chi connectivity index (χ0n) is 17.8. The molecule has 2 N–H and O–H groups in total. The van der Waals surface area contributed by atoms with Gasteiger partial charge in [-0.25, -0.2) is 0 Å². The molecule has 2 unspecified atom stereocenters. The lowest BCUT2D eigenvalue weighted by atomic mass is 10.1. The molecule has 0 saturated heterocycles. The minimum atomic E-state index is -0.979. The van der Waals surface area contributed by atoms with Crippen LogP contribution in [0, 0.1) is 0 Å². The number of aliphatic hydroxyl groups excluding tert-OH is 2. The highest BCUT2D eigenvalue weighted by Crippen LogP contribution is 2.11.